The molecular formula is C30H24Si. The van der Waals surface area contributed by atoms with Crippen molar-refractivity contribution in [2.75, 3.05) is 0 Å². The minimum atomic E-state index is -1.75. The Labute approximate surface area is 184 Å². The predicted molar refractivity (Wildman–Crippen MR) is 137 cm³/mol. The molecule has 0 unspecified atom stereocenters. The maximum absolute atomic E-state index is 2.49. The zero-order chi connectivity index (χ0) is 21.0. The van der Waals surface area contributed by atoms with Gasteiger partial charge in [0.1, 0.15) is 8.07 Å². The fraction of sp³-hybridized carbons (Fsp3) is 0.0667. The maximum Gasteiger partial charge on any atom is 0.113 e. The van der Waals surface area contributed by atoms with Gasteiger partial charge in [0.15, 0.2) is 0 Å². The van der Waals surface area contributed by atoms with Crippen LogP contribution in [0.1, 0.15) is 0 Å². The van der Waals surface area contributed by atoms with E-state index in [0.29, 0.717) is 0 Å². The van der Waals surface area contributed by atoms with Crippen molar-refractivity contribution in [1.82, 2.24) is 0 Å². The predicted octanol–water partition coefficient (Wildman–Crippen LogP) is 6.98. The van der Waals surface area contributed by atoms with Crippen LogP contribution in [0.25, 0.3) is 44.2 Å². The van der Waals surface area contributed by atoms with Crippen LogP contribution in [0.2, 0.25) is 13.1 Å². The average Bonchev–Trinajstić information content (AvgIpc) is 2.83. The maximum atomic E-state index is 2.49. The third-order valence-corrected chi connectivity index (χ3v) is 10.4. The van der Waals surface area contributed by atoms with Gasteiger partial charge >= 0.3 is 0 Å². The second kappa shape index (κ2) is 6.80. The quantitative estimate of drug-likeness (QED) is 0.274. The number of fused-ring (bicyclic) bond motifs is 2. The Balaban J connectivity index is 1.56. The normalized spacial score (nSPS) is 13.7. The minimum Gasteiger partial charge on any atom is -0.0622 e. The van der Waals surface area contributed by atoms with Crippen LogP contribution in [0, 0.1) is 0 Å². The van der Waals surface area contributed by atoms with Crippen molar-refractivity contribution in [1.29, 1.82) is 0 Å². The molecule has 148 valence electrons. The van der Waals surface area contributed by atoms with Gasteiger partial charge in [-0.2, -0.15) is 0 Å². The van der Waals surface area contributed by atoms with E-state index >= 15 is 0 Å². The Morgan fingerprint density at radius 3 is 1.90 bits per heavy atom. The van der Waals surface area contributed by atoms with Crippen molar-refractivity contribution >= 4 is 29.2 Å². The Kier molecular flexibility index (Phi) is 4.02. The van der Waals surface area contributed by atoms with Crippen LogP contribution in [0.3, 0.4) is 0 Å². The van der Waals surface area contributed by atoms with Crippen molar-refractivity contribution in [2.45, 2.75) is 13.1 Å². The minimum absolute atomic E-state index is 1.26. The summed E-state index contributed by atoms with van der Waals surface area (Å²) < 4.78 is 0. The molecule has 1 heteroatoms. The highest BCUT2D eigenvalue weighted by atomic mass is 28.3. The molecule has 0 spiro atoms. The first kappa shape index (κ1) is 18.4. The summed E-state index contributed by atoms with van der Waals surface area (Å²) in [6.45, 7) is 4.98. The average molecular weight is 413 g/mol. The van der Waals surface area contributed by atoms with E-state index in [1.54, 1.807) is 10.4 Å². The van der Waals surface area contributed by atoms with Crippen LogP contribution < -0.4 is 10.4 Å². The van der Waals surface area contributed by atoms with Crippen LogP contribution in [-0.2, 0) is 0 Å². The highest BCUT2D eigenvalue weighted by Crippen LogP contribution is 2.36. The first-order valence-corrected chi connectivity index (χ1v) is 14.0. The fourth-order valence-corrected chi connectivity index (χ4v) is 8.32. The second-order valence-corrected chi connectivity index (χ2v) is 13.4. The van der Waals surface area contributed by atoms with Gasteiger partial charge in [-0.3, -0.25) is 0 Å². The fourth-order valence-electron chi connectivity index (χ4n) is 5.23. The number of hydrogen-bond donors (Lipinski definition) is 0. The van der Waals surface area contributed by atoms with Gasteiger partial charge in [-0.05, 0) is 66.7 Å². The van der Waals surface area contributed by atoms with Crippen LogP contribution in [-0.4, -0.2) is 8.07 Å². The molecule has 0 nitrogen and oxygen atoms in total. The van der Waals surface area contributed by atoms with Gasteiger partial charge < -0.3 is 0 Å². The van der Waals surface area contributed by atoms with Gasteiger partial charge in [-0.25, -0.2) is 0 Å². The van der Waals surface area contributed by atoms with Crippen molar-refractivity contribution < 1.29 is 0 Å². The van der Waals surface area contributed by atoms with E-state index in [1.807, 2.05) is 0 Å². The largest absolute Gasteiger partial charge is 0.113 e. The molecule has 1 aliphatic rings. The molecule has 1 heterocycles. The summed E-state index contributed by atoms with van der Waals surface area (Å²) in [6, 6.07) is 40.3. The third-order valence-electron chi connectivity index (χ3n) is 6.86. The van der Waals surface area contributed by atoms with E-state index in [-0.39, 0.29) is 0 Å². The standard InChI is InChI=1S/C30H24Si/c1-31(2)28-18-17-25(24-14-6-13-23(19-24)21-9-4-3-5-10-21)20-27(28)26-15-7-11-22-12-8-16-29(31)30(22)26/h3-20H,1-2H3. The van der Waals surface area contributed by atoms with Crippen molar-refractivity contribution in [2.24, 2.45) is 0 Å². The smallest absolute Gasteiger partial charge is 0.0622 e. The highest BCUT2D eigenvalue weighted by molar-refractivity contribution is 7.03. The first-order chi connectivity index (χ1) is 15.1. The van der Waals surface area contributed by atoms with E-state index in [1.165, 1.54) is 44.2 Å². The molecule has 0 radical (unpaired) electrons. The molecule has 5 aromatic rings. The molecule has 0 saturated carbocycles. The molecule has 0 amide bonds. The Bertz CT molecular complexity index is 1440. The molecule has 0 atom stereocenters. The van der Waals surface area contributed by atoms with Crippen molar-refractivity contribution in [3.8, 4) is 33.4 Å². The number of benzene rings is 5. The zero-order valence-electron chi connectivity index (χ0n) is 17.9. The zero-order valence-corrected chi connectivity index (χ0v) is 18.9. The molecule has 0 bridgehead atoms. The molecular weight excluding hydrogens is 388 g/mol. The lowest BCUT2D eigenvalue weighted by Crippen LogP contribution is -2.55. The Morgan fingerprint density at radius 1 is 0.452 bits per heavy atom. The topological polar surface area (TPSA) is 0 Å². The van der Waals surface area contributed by atoms with E-state index in [2.05, 4.69) is 122 Å². The van der Waals surface area contributed by atoms with Crippen LogP contribution in [0.15, 0.2) is 109 Å². The van der Waals surface area contributed by atoms with E-state index < -0.39 is 8.07 Å². The van der Waals surface area contributed by atoms with Gasteiger partial charge in [0, 0.05) is 0 Å². The molecule has 31 heavy (non-hydrogen) atoms. The van der Waals surface area contributed by atoms with E-state index in [0.717, 1.165) is 0 Å². The lowest BCUT2D eigenvalue weighted by Gasteiger charge is -2.33. The van der Waals surface area contributed by atoms with Crippen LogP contribution in [0.5, 0.6) is 0 Å². The molecule has 6 rings (SSSR count). The summed E-state index contributed by atoms with van der Waals surface area (Å²) in [5, 5.41) is 5.93. The molecule has 1 aliphatic heterocycles. The second-order valence-electron chi connectivity index (χ2n) is 9.04. The molecule has 0 aliphatic carbocycles. The summed E-state index contributed by atoms with van der Waals surface area (Å²) in [5.74, 6) is 0. The van der Waals surface area contributed by atoms with Gasteiger partial charge in [0.25, 0.3) is 0 Å². The molecule has 0 aromatic heterocycles. The third kappa shape index (κ3) is 2.81. The SMILES string of the molecule is C[Si]1(C)c2ccc(-c3cccc(-c4ccccc4)c3)cc2-c2cccc3cccc1c23. The van der Waals surface area contributed by atoms with E-state index in [9.17, 15) is 0 Å². The van der Waals surface area contributed by atoms with Gasteiger partial charge in [-0.15, -0.1) is 0 Å². The summed E-state index contributed by atoms with van der Waals surface area (Å²) in [4.78, 5) is 0. The number of rotatable bonds is 2. The summed E-state index contributed by atoms with van der Waals surface area (Å²) in [7, 11) is -1.75. The summed E-state index contributed by atoms with van der Waals surface area (Å²) >= 11 is 0. The highest BCUT2D eigenvalue weighted by Gasteiger charge is 2.35. The first-order valence-electron chi connectivity index (χ1n) is 11.0. The summed E-state index contributed by atoms with van der Waals surface area (Å²) in [5.41, 5.74) is 7.89. The van der Waals surface area contributed by atoms with Gasteiger partial charge in [0.2, 0.25) is 0 Å². The molecule has 0 saturated heterocycles. The van der Waals surface area contributed by atoms with Crippen molar-refractivity contribution in [3.05, 3.63) is 109 Å². The van der Waals surface area contributed by atoms with E-state index in [4.69, 9.17) is 0 Å². The molecule has 5 aromatic carbocycles. The lowest BCUT2D eigenvalue weighted by molar-refractivity contribution is 1.58. The number of hydrogen-bond acceptors (Lipinski definition) is 0. The Morgan fingerprint density at radius 2 is 1.10 bits per heavy atom. The van der Waals surface area contributed by atoms with Crippen LogP contribution >= 0.6 is 0 Å². The Hall–Kier alpha value is -3.42. The molecule has 0 N–H and O–H groups in total. The van der Waals surface area contributed by atoms with Crippen molar-refractivity contribution in [3.63, 3.8) is 0 Å². The lowest BCUT2D eigenvalue weighted by atomic mass is 9.93. The van der Waals surface area contributed by atoms with Crippen LogP contribution in [0.4, 0.5) is 0 Å². The summed E-state index contributed by atoms with van der Waals surface area (Å²) in [6.07, 6.45) is 0. The monoisotopic (exact) mass is 412 g/mol. The van der Waals surface area contributed by atoms with Gasteiger partial charge in [0.05, 0.1) is 0 Å². The molecule has 0 fully saturated rings. The van der Waals surface area contributed by atoms with Gasteiger partial charge in [-0.1, -0.05) is 110 Å².